The number of aliphatic imine (C=N–C) groups is 1. The summed E-state index contributed by atoms with van der Waals surface area (Å²) in [5, 5.41) is 21.6. The van der Waals surface area contributed by atoms with Crippen LogP contribution in [0.3, 0.4) is 0 Å². The maximum Gasteiger partial charge on any atom is 0.200 e. The van der Waals surface area contributed by atoms with Gasteiger partial charge in [-0.15, -0.1) is 0 Å². The summed E-state index contributed by atoms with van der Waals surface area (Å²) in [5.41, 5.74) is 14.1. The fraction of sp³-hybridized carbons (Fsp3) is 0.286. The largest absolute Gasteiger partial charge is 0.384 e. The number of nitrogens with two attached hydrogens (primary N) is 2. The molecule has 2 rings (SSSR count). The molecular weight excluding hydrogens is 364 g/mol. The second-order valence-corrected chi connectivity index (χ2v) is 6.49. The van der Waals surface area contributed by atoms with Crippen LogP contribution in [0.5, 0.6) is 0 Å². The van der Waals surface area contributed by atoms with E-state index in [2.05, 4.69) is 34.4 Å². The number of hydrogen-bond acceptors (Lipinski definition) is 4. The van der Waals surface area contributed by atoms with Gasteiger partial charge in [0, 0.05) is 29.0 Å². The second-order valence-electron chi connectivity index (χ2n) is 6.49. The van der Waals surface area contributed by atoms with Crippen LogP contribution in [0.25, 0.3) is 0 Å². The summed E-state index contributed by atoms with van der Waals surface area (Å²) in [7, 11) is 0. The molecule has 0 radical (unpaired) electrons. The Kier molecular flexibility index (Phi) is 8.17. The average Bonchev–Trinajstić information content (AvgIpc) is 2.72. The lowest BCUT2D eigenvalue weighted by molar-refractivity contribution is 0.313. The molecule has 0 bridgehead atoms. The van der Waals surface area contributed by atoms with E-state index in [-0.39, 0.29) is 11.7 Å². The molecule has 0 aromatic heterocycles. The maximum absolute atomic E-state index is 7.50. The van der Waals surface area contributed by atoms with Crippen molar-refractivity contribution in [3.63, 3.8) is 0 Å². The van der Waals surface area contributed by atoms with Crippen molar-refractivity contribution in [2.45, 2.75) is 13.8 Å². The van der Waals surface area contributed by atoms with E-state index in [1.807, 2.05) is 24.3 Å². The van der Waals surface area contributed by atoms with Crippen molar-refractivity contribution >= 4 is 29.0 Å². The molecule has 0 heterocycles. The molecule has 0 saturated carbocycles. The molecule has 29 heavy (non-hydrogen) atoms. The van der Waals surface area contributed by atoms with Crippen LogP contribution in [0, 0.1) is 10.8 Å². The lowest BCUT2D eigenvalue weighted by Gasteiger charge is -2.17. The number of benzene rings is 2. The van der Waals surface area contributed by atoms with Crippen molar-refractivity contribution in [2.24, 2.45) is 16.5 Å². The molecule has 0 aliphatic heterocycles. The van der Waals surface area contributed by atoms with Gasteiger partial charge in [-0.1, -0.05) is 13.8 Å². The first-order chi connectivity index (χ1) is 13.9. The lowest BCUT2D eigenvalue weighted by Crippen LogP contribution is -2.28. The van der Waals surface area contributed by atoms with Crippen molar-refractivity contribution < 1.29 is 0 Å². The Hall–Kier alpha value is -3.39. The molecule has 8 heteroatoms. The minimum Gasteiger partial charge on any atom is -0.384 e. The molecule has 0 fully saturated rings. The van der Waals surface area contributed by atoms with E-state index in [1.54, 1.807) is 24.3 Å². The van der Waals surface area contributed by atoms with Crippen LogP contribution >= 0.6 is 0 Å². The highest BCUT2D eigenvalue weighted by Crippen LogP contribution is 2.12. The third kappa shape index (κ3) is 6.93. The minimum atomic E-state index is 0.0355. The van der Waals surface area contributed by atoms with Crippen LogP contribution in [0.15, 0.2) is 53.5 Å². The Morgan fingerprint density at radius 1 is 0.828 bits per heavy atom. The van der Waals surface area contributed by atoms with E-state index in [1.165, 1.54) is 0 Å². The van der Waals surface area contributed by atoms with Crippen LogP contribution in [0.2, 0.25) is 0 Å². The predicted octanol–water partition coefficient (Wildman–Crippen LogP) is 2.48. The fourth-order valence-corrected chi connectivity index (χ4v) is 2.69. The van der Waals surface area contributed by atoms with Crippen molar-refractivity contribution in [3.05, 3.63) is 59.7 Å². The Morgan fingerprint density at radius 3 is 1.59 bits per heavy atom. The molecule has 8 N–H and O–H groups in total. The smallest absolute Gasteiger partial charge is 0.200 e. The van der Waals surface area contributed by atoms with Gasteiger partial charge < -0.3 is 27.0 Å². The SMILES string of the molecule is CCN(CC)CCN=C(Nc1ccc(C(=N)N)cc1)Nc1ccc(C(=N)N)cc1. The molecule has 2 aromatic carbocycles. The first-order valence-corrected chi connectivity index (χ1v) is 9.62. The normalized spacial score (nSPS) is 10.4. The first kappa shape index (κ1) is 21.9. The zero-order valence-electron chi connectivity index (χ0n) is 17.0. The highest BCUT2D eigenvalue weighted by Gasteiger charge is 2.05. The number of anilines is 2. The highest BCUT2D eigenvalue weighted by atomic mass is 15.2. The Bertz CT molecular complexity index is 774. The molecule has 0 unspecified atom stereocenters. The molecular formula is C21H30N8. The zero-order valence-corrected chi connectivity index (χ0v) is 17.0. The van der Waals surface area contributed by atoms with Crippen LogP contribution in [0.4, 0.5) is 11.4 Å². The molecule has 0 aliphatic carbocycles. The average molecular weight is 395 g/mol. The van der Waals surface area contributed by atoms with Crippen molar-refractivity contribution in [3.8, 4) is 0 Å². The third-order valence-corrected chi connectivity index (χ3v) is 4.50. The Balaban J connectivity index is 2.15. The van der Waals surface area contributed by atoms with Gasteiger partial charge in [0.25, 0.3) is 0 Å². The van der Waals surface area contributed by atoms with E-state index in [4.69, 9.17) is 22.3 Å². The van der Waals surface area contributed by atoms with Gasteiger partial charge in [0.15, 0.2) is 5.96 Å². The monoisotopic (exact) mass is 394 g/mol. The maximum atomic E-state index is 7.50. The molecule has 154 valence electrons. The number of amidine groups is 2. The molecule has 0 saturated heterocycles. The second kappa shape index (κ2) is 10.8. The van der Waals surface area contributed by atoms with E-state index in [0.717, 1.165) is 31.0 Å². The van der Waals surface area contributed by atoms with E-state index < -0.39 is 0 Å². The minimum absolute atomic E-state index is 0.0355. The van der Waals surface area contributed by atoms with Crippen molar-refractivity contribution in [1.82, 2.24) is 4.90 Å². The summed E-state index contributed by atoms with van der Waals surface area (Å²) in [6.45, 7) is 7.76. The summed E-state index contributed by atoms with van der Waals surface area (Å²) < 4.78 is 0. The number of nitrogen functional groups attached to an aromatic ring is 2. The summed E-state index contributed by atoms with van der Waals surface area (Å²) in [6, 6.07) is 14.6. The lowest BCUT2D eigenvalue weighted by atomic mass is 10.2. The third-order valence-electron chi connectivity index (χ3n) is 4.50. The van der Waals surface area contributed by atoms with Gasteiger partial charge in [-0.05, 0) is 61.6 Å². The van der Waals surface area contributed by atoms with Gasteiger partial charge in [0.2, 0.25) is 0 Å². The highest BCUT2D eigenvalue weighted by molar-refractivity contribution is 6.04. The van der Waals surface area contributed by atoms with Gasteiger partial charge >= 0.3 is 0 Å². The van der Waals surface area contributed by atoms with Gasteiger partial charge in [-0.3, -0.25) is 15.8 Å². The number of rotatable bonds is 9. The quantitative estimate of drug-likeness (QED) is 0.286. The summed E-state index contributed by atoms with van der Waals surface area (Å²) in [4.78, 5) is 6.99. The van der Waals surface area contributed by atoms with Crippen LogP contribution < -0.4 is 22.1 Å². The zero-order chi connectivity index (χ0) is 21.2. The molecule has 2 aromatic rings. The van der Waals surface area contributed by atoms with Crippen molar-refractivity contribution in [2.75, 3.05) is 36.8 Å². The number of nitrogens with zero attached hydrogens (tertiary/aromatic N) is 2. The molecule has 0 aliphatic rings. The van der Waals surface area contributed by atoms with Crippen molar-refractivity contribution in [1.29, 1.82) is 10.8 Å². The number of hydrogen-bond donors (Lipinski definition) is 6. The summed E-state index contributed by atoms with van der Waals surface area (Å²) in [6.07, 6.45) is 0. The standard InChI is InChI=1S/C21H30N8/c1-3-29(4-2)14-13-26-21(27-17-9-5-15(6-10-17)19(22)23)28-18-11-7-16(8-12-18)20(24)25/h5-12H,3-4,13-14H2,1-2H3,(H3,22,23)(H3,24,25)(H2,26,27,28). The van der Waals surface area contributed by atoms with Crippen LogP contribution in [-0.4, -0.2) is 48.7 Å². The molecule has 0 atom stereocenters. The number of likely N-dealkylation sites (N-methyl/N-ethyl adjacent to an activating group) is 1. The number of nitrogens with one attached hydrogen (secondary N) is 4. The van der Waals surface area contributed by atoms with E-state index in [0.29, 0.717) is 23.6 Å². The topological polar surface area (TPSA) is 139 Å². The fourth-order valence-electron chi connectivity index (χ4n) is 2.69. The summed E-state index contributed by atoms with van der Waals surface area (Å²) in [5.74, 6) is 0.685. The first-order valence-electron chi connectivity index (χ1n) is 9.62. The van der Waals surface area contributed by atoms with Gasteiger partial charge in [-0.25, -0.2) is 0 Å². The Morgan fingerprint density at radius 2 is 1.24 bits per heavy atom. The van der Waals surface area contributed by atoms with Gasteiger partial charge in [-0.2, -0.15) is 0 Å². The molecule has 8 nitrogen and oxygen atoms in total. The number of guanidine groups is 1. The van der Waals surface area contributed by atoms with E-state index >= 15 is 0 Å². The molecule has 0 amide bonds. The van der Waals surface area contributed by atoms with Gasteiger partial charge in [0.05, 0.1) is 6.54 Å². The predicted molar refractivity (Wildman–Crippen MR) is 122 cm³/mol. The van der Waals surface area contributed by atoms with E-state index in [9.17, 15) is 0 Å². The summed E-state index contributed by atoms with van der Waals surface area (Å²) >= 11 is 0. The van der Waals surface area contributed by atoms with Crippen LogP contribution in [0.1, 0.15) is 25.0 Å². The van der Waals surface area contributed by atoms with Crippen LogP contribution in [-0.2, 0) is 0 Å². The Labute approximate surface area is 172 Å². The molecule has 0 spiro atoms. The van der Waals surface area contributed by atoms with Gasteiger partial charge in [0.1, 0.15) is 11.7 Å².